The molecule has 6 heteroatoms. The molecule has 2 amide bonds. The third kappa shape index (κ3) is 8.01. The van der Waals surface area contributed by atoms with E-state index in [0.29, 0.717) is 19.3 Å². The summed E-state index contributed by atoms with van der Waals surface area (Å²) in [6.45, 7) is 3.39. The van der Waals surface area contributed by atoms with Crippen molar-refractivity contribution in [3.05, 3.63) is 48.6 Å². The number of carboxylic acid groups (broad SMARTS) is 1. The van der Waals surface area contributed by atoms with Crippen molar-refractivity contribution in [3.8, 4) is 0 Å². The van der Waals surface area contributed by atoms with E-state index in [0.717, 1.165) is 5.56 Å². The van der Waals surface area contributed by atoms with Gasteiger partial charge in [-0.05, 0) is 24.8 Å². The number of benzene rings is 1. The van der Waals surface area contributed by atoms with Crippen LogP contribution in [-0.4, -0.2) is 40.9 Å². The molecule has 1 aromatic rings. The highest BCUT2D eigenvalue weighted by Gasteiger charge is 2.16. The Bertz CT molecular complexity index is 505. The van der Waals surface area contributed by atoms with Crippen molar-refractivity contribution in [2.45, 2.75) is 37.8 Å². The predicted octanol–water partition coefficient (Wildman–Crippen LogP) is 1.70. The fourth-order valence-electron chi connectivity index (χ4n) is 2.21. The summed E-state index contributed by atoms with van der Waals surface area (Å²) in [5.74, 6) is -0.898. The molecule has 0 saturated heterocycles. The minimum absolute atomic E-state index is 0.0200. The summed E-state index contributed by atoms with van der Waals surface area (Å²) < 4.78 is 0. The Morgan fingerprint density at radius 1 is 1.17 bits per heavy atom. The van der Waals surface area contributed by atoms with Crippen LogP contribution in [0.1, 0.15) is 24.8 Å². The summed E-state index contributed by atoms with van der Waals surface area (Å²) in [6, 6.07) is 8.45. The van der Waals surface area contributed by atoms with Gasteiger partial charge in [-0.1, -0.05) is 36.4 Å². The Morgan fingerprint density at radius 2 is 1.83 bits per heavy atom. The lowest BCUT2D eigenvalue weighted by atomic mass is 10.0. The van der Waals surface area contributed by atoms with Crippen molar-refractivity contribution in [1.82, 2.24) is 10.6 Å². The molecule has 0 radical (unpaired) electrons. The van der Waals surface area contributed by atoms with E-state index in [1.54, 1.807) is 6.08 Å². The van der Waals surface area contributed by atoms with Crippen LogP contribution in [0.2, 0.25) is 0 Å². The summed E-state index contributed by atoms with van der Waals surface area (Å²) in [4.78, 5) is 22.8. The largest absolute Gasteiger partial charge is 0.481 e. The molecule has 0 aliphatic heterocycles. The second-order valence-electron chi connectivity index (χ2n) is 5.34. The van der Waals surface area contributed by atoms with Crippen molar-refractivity contribution in [3.63, 3.8) is 0 Å². The van der Waals surface area contributed by atoms with Crippen molar-refractivity contribution < 1.29 is 19.8 Å². The Hall–Kier alpha value is -2.34. The number of nitrogens with one attached hydrogen (secondary N) is 2. The van der Waals surface area contributed by atoms with Gasteiger partial charge in [-0.3, -0.25) is 4.79 Å². The minimum atomic E-state index is -0.898. The fourth-order valence-corrected chi connectivity index (χ4v) is 2.21. The van der Waals surface area contributed by atoms with Gasteiger partial charge in [-0.25, -0.2) is 4.79 Å². The predicted molar refractivity (Wildman–Crippen MR) is 88.2 cm³/mol. The van der Waals surface area contributed by atoms with E-state index in [1.165, 1.54) is 0 Å². The molecule has 4 N–H and O–H groups in total. The van der Waals surface area contributed by atoms with Crippen LogP contribution in [0.15, 0.2) is 43.0 Å². The van der Waals surface area contributed by atoms with Crippen LogP contribution < -0.4 is 10.6 Å². The van der Waals surface area contributed by atoms with Gasteiger partial charge in [0.15, 0.2) is 0 Å². The fraction of sp³-hybridized carbons (Fsp3) is 0.412. The molecule has 0 bridgehead atoms. The quantitative estimate of drug-likeness (QED) is 0.493. The molecular weight excluding hydrogens is 296 g/mol. The first-order valence-electron chi connectivity index (χ1n) is 7.59. The highest BCUT2D eigenvalue weighted by atomic mass is 16.4. The SMILES string of the molecule is C=CCC(CO)NC(=O)NC(CCC(=O)O)Cc1ccccc1. The van der Waals surface area contributed by atoms with Gasteiger partial charge in [0.2, 0.25) is 0 Å². The third-order valence-corrected chi connectivity index (χ3v) is 3.37. The second-order valence-corrected chi connectivity index (χ2v) is 5.34. The molecule has 6 nitrogen and oxygen atoms in total. The van der Waals surface area contributed by atoms with E-state index in [-0.39, 0.29) is 19.1 Å². The van der Waals surface area contributed by atoms with Crippen molar-refractivity contribution >= 4 is 12.0 Å². The molecule has 0 spiro atoms. The normalized spacial score (nSPS) is 12.9. The van der Waals surface area contributed by atoms with E-state index in [4.69, 9.17) is 5.11 Å². The zero-order valence-corrected chi connectivity index (χ0v) is 13.1. The Kier molecular flexibility index (Phi) is 8.46. The van der Waals surface area contributed by atoms with Gasteiger partial charge >= 0.3 is 12.0 Å². The molecule has 0 heterocycles. The topological polar surface area (TPSA) is 98.7 Å². The van der Waals surface area contributed by atoms with E-state index in [2.05, 4.69) is 17.2 Å². The minimum Gasteiger partial charge on any atom is -0.481 e. The van der Waals surface area contributed by atoms with Gasteiger partial charge in [0.25, 0.3) is 0 Å². The Balaban J connectivity index is 2.62. The average molecular weight is 320 g/mol. The molecule has 126 valence electrons. The van der Waals surface area contributed by atoms with Gasteiger partial charge in [0.1, 0.15) is 0 Å². The summed E-state index contributed by atoms with van der Waals surface area (Å²) >= 11 is 0. The molecule has 2 unspecified atom stereocenters. The number of amides is 2. The van der Waals surface area contributed by atoms with E-state index in [9.17, 15) is 14.7 Å². The van der Waals surface area contributed by atoms with Gasteiger partial charge in [0.05, 0.1) is 12.6 Å². The number of aliphatic hydroxyl groups is 1. The summed E-state index contributed by atoms with van der Waals surface area (Å²) in [5.41, 5.74) is 1.02. The highest BCUT2D eigenvalue weighted by Crippen LogP contribution is 2.08. The van der Waals surface area contributed by atoms with E-state index >= 15 is 0 Å². The van der Waals surface area contributed by atoms with Gasteiger partial charge < -0.3 is 20.8 Å². The maximum atomic E-state index is 12.0. The van der Waals surface area contributed by atoms with Crippen LogP contribution in [0.3, 0.4) is 0 Å². The number of urea groups is 1. The van der Waals surface area contributed by atoms with Crippen LogP contribution in [0, 0.1) is 0 Å². The van der Waals surface area contributed by atoms with E-state index < -0.39 is 18.0 Å². The number of carbonyl (C=O) groups excluding carboxylic acids is 1. The molecule has 0 aromatic heterocycles. The molecule has 2 atom stereocenters. The lowest BCUT2D eigenvalue weighted by Gasteiger charge is -2.21. The number of hydrogen-bond donors (Lipinski definition) is 4. The zero-order chi connectivity index (χ0) is 17.1. The summed E-state index contributed by atoms with van der Waals surface area (Å²) in [7, 11) is 0. The zero-order valence-electron chi connectivity index (χ0n) is 13.1. The molecule has 0 saturated carbocycles. The molecule has 0 aliphatic carbocycles. The van der Waals surface area contributed by atoms with Gasteiger partial charge in [-0.2, -0.15) is 0 Å². The molecule has 0 fully saturated rings. The van der Waals surface area contributed by atoms with Gasteiger partial charge in [0, 0.05) is 12.5 Å². The number of carboxylic acids is 1. The van der Waals surface area contributed by atoms with Crippen molar-refractivity contribution in [1.29, 1.82) is 0 Å². The molecule has 0 aliphatic rings. The third-order valence-electron chi connectivity index (χ3n) is 3.37. The van der Waals surface area contributed by atoms with Crippen LogP contribution in [0.25, 0.3) is 0 Å². The van der Waals surface area contributed by atoms with Crippen molar-refractivity contribution in [2.24, 2.45) is 0 Å². The Morgan fingerprint density at radius 3 is 2.39 bits per heavy atom. The van der Waals surface area contributed by atoms with Crippen molar-refractivity contribution in [2.75, 3.05) is 6.61 Å². The lowest BCUT2D eigenvalue weighted by molar-refractivity contribution is -0.137. The van der Waals surface area contributed by atoms with Crippen LogP contribution in [-0.2, 0) is 11.2 Å². The number of hydrogen-bond acceptors (Lipinski definition) is 3. The Labute approximate surface area is 136 Å². The first kappa shape index (κ1) is 18.7. The van der Waals surface area contributed by atoms with Crippen LogP contribution in [0.4, 0.5) is 4.79 Å². The first-order valence-corrected chi connectivity index (χ1v) is 7.59. The van der Waals surface area contributed by atoms with Crippen LogP contribution in [0.5, 0.6) is 0 Å². The van der Waals surface area contributed by atoms with Crippen LogP contribution >= 0.6 is 0 Å². The molecule has 23 heavy (non-hydrogen) atoms. The van der Waals surface area contributed by atoms with Gasteiger partial charge in [-0.15, -0.1) is 6.58 Å². The summed E-state index contributed by atoms with van der Waals surface area (Å²) in [6.07, 6.45) is 2.94. The number of carbonyl (C=O) groups is 2. The molecule has 1 rings (SSSR count). The summed E-state index contributed by atoms with van der Waals surface area (Å²) in [5, 5.41) is 23.5. The lowest BCUT2D eigenvalue weighted by Crippen LogP contribution is -2.48. The smallest absolute Gasteiger partial charge is 0.315 e. The molecular formula is C17H24N2O4. The maximum Gasteiger partial charge on any atom is 0.315 e. The monoisotopic (exact) mass is 320 g/mol. The highest BCUT2D eigenvalue weighted by molar-refractivity contribution is 5.74. The second kappa shape index (κ2) is 10.4. The molecule has 1 aromatic carbocycles. The number of aliphatic carboxylic acids is 1. The number of aliphatic hydroxyl groups excluding tert-OH is 1. The average Bonchev–Trinajstić information content (AvgIpc) is 2.53. The number of rotatable bonds is 10. The maximum absolute atomic E-state index is 12.0. The first-order chi connectivity index (χ1) is 11.0. The standard InChI is InChI=1S/C17H24N2O4/c1-2-6-15(12-20)19-17(23)18-14(9-10-16(21)22)11-13-7-4-3-5-8-13/h2-5,7-8,14-15,20H,1,6,9-12H2,(H,21,22)(H2,18,19,23). The van der Waals surface area contributed by atoms with E-state index in [1.807, 2.05) is 30.3 Å².